The molecule has 1 heterocycles. The zero-order chi connectivity index (χ0) is 63.0. The number of carbonyl (C=O) groups is 10. The van der Waals surface area contributed by atoms with Gasteiger partial charge in [-0.3, -0.25) is 38.5 Å². The van der Waals surface area contributed by atoms with Gasteiger partial charge < -0.3 is 71.5 Å². The highest BCUT2D eigenvalue weighted by atomic mass is 16.6. The third-order valence-electron chi connectivity index (χ3n) is 15.5. The summed E-state index contributed by atoms with van der Waals surface area (Å²) < 4.78 is 17.4. The van der Waals surface area contributed by atoms with Crippen molar-refractivity contribution in [1.82, 2.24) is 41.3 Å². The highest BCUT2D eigenvalue weighted by Gasteiger charge is 2.41. The minimum atomic E-state index is -1.10. The van der Waals surface area contributed by atoms with E-state index in [1.54, 1.807) is 97.0 Å². The number of anilines is 1. The van der Waals surface area contributed by atoms with Crippen LogP contribution in [0.4, 0.5) is 15.3 Å². The van der Waals surface area contributed by atoms with Gasteiger partial charge in [0.05, 0.1) is 49.3 Å². The maximum Gasteiger partial charge on any atom is 0.410 e. The molecule has 84 heavy (non-hydrogen) atoms. The zero-order valence-electron chi connectivity index (χ0n) is 51.4. The number of Topliss-reactive ketones (excluding diaryl/α,β-unsaturated/α-hetero) is 1. The van der Waals surface area contributed by atoms with Gasteiger partial charge in [0, 0.05) is 72.4 Å². The summed E-state index contributed by atoms with van der Waals surface area (Å²) in [6.07, 6.45) is -1.46. The number of hydrogen-bond acceptors (Lipinski definition) is 14. The van der Waals surface area contributed by atoms with Crippen molar-refractivity contribution in [2.45, 2.75) is 162 Å². The van der Waals surface area contributed by atoms with Crippen LogP contribution in [0.5, 0.6) is 0 Å². The van der Waals surface area contributed by atoms with Crippen LogP contribution in [0.25, 0.3) is 0 Å². The third-order valence-corrected chi connectivity index (χ3v) is 15.5. The quantitative estimate of drug-likeness (QED) is 0.0463. The summed E-state index contributed by atoms with van der Waals surface area (Å²) in [6.45, 7) is 16.0. The number of hydrogen-bond donors (Lipinski definition) is 8. The van der Waals surface area contributed by atoms with E-state index in [1.165, 1.54) is 26.0 Å². The number of carbonyl (C=O) groups excluding carboxylic acids is 10. The van der Waals surface area contributed by atoms with Crippen molar-refractivity contribution >= 4 is 64.9 Å². The average molecular weight is 1180 g/mol. The van der Waals surface area contributed by atoms with Crippen molar-refractivity contribution in [1.29, 1.82) is 0 Å². The predicted molar refractivity (Wildman–Crippen MR) is 315 cm³/mol. The Labute approximate surface area is 495 Å². The molecule has 2 aromatic rings. The van der Waals surface area contributed by atoms with Gasteiger partial charge in [-0.1, -0.05) is 97.4 Å². The molecule has 1 fully saturated rings. The first-order chi connectivity index (χ1) is 39.6. The van der Waals surface area contributed by atoms with Crippen LogP contribution in [0.3, 0.4) is 0 Å². The van der Waals surface area contributed by atoms with Gasteiger partial charge >= 0.3 is 12.1 Å². The number of benzene rings is 2. The second kappa shape index (κ2) is 35.2. The molecule has 1 aliphatic heterocycles. The van der Waals surface area contributed by atoms with Gasteiger partial charge in [-0.05, 0) is 74.1 Å². The molecule has 24 nitrogen and oxygen atoms in total. The second-order valence-electron chi connectivity index (χ2n) is 22.6. The van der Waals surface area contributed by atoms with E-state index >= 15 is 0 Å². The van der Waals surface area contributed by atoms with E-state index in [0.717, 1.165) is 4.90 Å². The van der Waals surface area contributed by atoms with E-state index < -0.39 is 109 Å². The minimum Gasteiger partial charge on any atom is -0.445 e. The molecule has 3 rings (SSSR count). The summed E-state index contributed by atoms with van der Waals surface area (Å²) in [4.78, 5) is 135. The van der Waals surface area contributed by atoms with Crippen molar-refractivity contribution < 1.29 is 67.3 Å². The van der Waals surface area contributed by atoms with Crippen LogP contribution in [0.15, 0.2) is 54.6 Å². The fourth-order valence-corrected chi connectivity index (χ4v) is 10.4. The van der Waals surface area contributed by atoms with Gasteiger partial charge in [0.25, 0.3) is 0 Å². The molecule has 0 radical (unpaired) electrons. The molecule has 468 valence electrons. The Balaban J connectivity index is 1.60. The van der Waals surface area contributed by atoms with Gasteiger partial charge in [-0.25, -0.2) is 9.59 Å². The lowest BCUT2D eigenvalue weighted by Crippen LogP contribution is -2.55. The van der Waals surface area contributed by atoms with Gasteiger partial charge in [-0.2, -0.15) is 0 Å². The lowest BCUT2D eigenvalue weighted by Gasteiger charge is -2.38. The largest absolute Gasteiger partial charge is 0.445 e. The number of ketones is 1. The smallest absolute Gasteiger partial charge is 0.410 e. The third kappa shape index (κ3) is 22.1. The Morgan fingerprint density at radius 2 is 1.43 bits per heavy atom. The number of nitrogens with one attached hydrogen (secondary N) is 6. The highest BCUT2D eigenvalue weighted by Crippen LogP contribution is 2.30. The first-order valence-electron chi connectivity index (χ1n) is 29.0. The lowest BCUT2D eigenvalue weighted by molar-refractivity contribution is -0.142. The number of nitrogens with zero attached hydrogens (tertiary/aromatic N) is 3. The van der Waals surface area contributed by atoms with Crippen LogP contribution in [0.1, 0.15) is 124 Å². The summed E-state index contributed by atoms with van der Waals surface area (Å²) in [5.74, 6) is -5.01. The lowest BCUT2D eigenvalue weighted by atomic mass is 9.90. The fraction of sp³-hybridized carbons (Fsp3) is 0.633. The number of amides is 10. The number of aliphatic hydroxyl groups is 1. The summed E-state index contributed by atoms with van der Waals surface area (Å²) in [5, 5.41) is 27.0. The molecule has 1 saturated heterocycles. The SMILES string of the molecule is CCC(C)C(C(CC(=O)N1CCC(C(OC)C(C)C(=O)NC(C)C(O)c2ccccc2)C1)OC)N(C)C(=O)CNC(=O)C(C(C)C)N(C)C(=O)OCc1ccc(NC(=O)C(CCCNC(N)=O)NC(=O)C(NC(=O)CCC(C)=O)C(C)C)cc1. The number of primary amides is 1. The molecule has 0 aliphatic carbocycles. The molecule has 9 N–H and O–H groups in total. The van der Waals surface area contributed by atoms with E-state index in [4.69, 9.17) is 19.9 Å². The first-order valence-corrected chi connectivity index (χ1v) is 29.0. The molecule has 24 heteroatoms. The maximum absolute atomic E-state index is 14.0. The number of likely N-dealkylation sites (tertiary alicyclic amines) is 1. The Morgan fingerprint density at radius 3 is 2.00 bits per heavy atom. The Bertz CT molecular complexity index is 2500. The average Bonchev–Trinajstić information content (AvgIpc) is 3.71. The minimum absolute atomic E-state index is 0.0120. The molecule has 2 aromatic carbocycles. The number of likely N-dealkylation sites (N-methyl/N-ethyl adjacent to an activating group) is 2. The van der Waals surface area contributed by atoms with Crippen molar-refractivity contribution in [2.75, 3.05) is 59.8 Å². The molecule has 0 spiro atoms. The molecular formula is C60H94N10O14. The molecule has 0 aromatic heterocycles. The monoisotopic (exact) mass is 1180 g/mol. The van der Waals surface area contributed by atoms with Gasteiger partial charge in [0.1, 0.15) is 30.5 Å². The van der Waals surface area contributed by atoms with Crippen LogP contribution < -0.4 is 37.6 Å². The Morgan fingerprint density at radius 1 is 0.774 bits per heavy atom. The van der Waals surface area contributed by atoms with Crippen LogP contribution in [0, 0.1) is 29.6 Å². The summed E-state index contributed by atoms with van der Waals surface area (Å²) >= 11 is 0. The topological polar surface area (TPSA) is 327 Å². The van der Waals surface area contributed by atoms with Gasteiger partial charge in [0.2, 0.25) is 41.4 Å². The van der Waals surface area contributed by atoms with Crippen LogP contribution >= 0.6 is 0 Å². The Hall–Kier alpha value is -7.18. The fourth-order valence-electron chi connectivity index (χ4n) is 10.4. The molecule has 10 amide bonds. The number of urea groups is 1. The second-order valence-corrected chi connectivity index (χ2v) is 22.6. The van der Waals surface area contributed by atoms with Crippen molar-refractivity contribution in [3.05, 3.63) is 65.7 Å². The summed E-state index contributed by atoms with van der Waals surface area (Å²) in [5.41, 5.74) is 6.75. The van der Waals surface area contributed by atoms with Crippen molar-refractivity contribution in [2.24, 2.45) is 35.3 Å². The maximum atomic E-state index is 14.0. The molecule has 11 unspecified atom stereocenters. The van der Waals surface area contributed by atoms with Crippen molar-refractivity contribution in [3.8, 4) is 0 Å². The number of rotatable bonds is 34. The molecule has 1 aliphatic rings. The first kappa shape index (κ1) is 71.1. The van der Waals surface area contributed by atoms with E-state index in [1.807, 2.05) is 32.0 Å². The number of aliphatic hydroxyl groups excluding tert-OH is 1. The number of ether oxygens (including phenoxy) is 3. The van der Waals surface area contributed by atoms with E-state index in [2.05, 4.69) is 31.9 Å². The summed E-state index contributed by atoms with van der Waals surface area (Å²) in [7, 11) is 6.06. The Kier molecular flexibility index (Phi) is 29.8. The molecular weight excluding hydrogens is 1080 g/mol. The summed E-state index contributed by atoms with van der Waals surface area (Å²) in [6, 6.07) is 10.4. The number of nitrogens with two attached hydrogens (primary N) is 1. The molecule has 11 atom stereocenters. The van der Waals surface area contributed by atoms with Crippen LogP contribution in [-0.2, 0) is 59.2 Å². The zero-order valence-corrected chi connectivity index (χ0v) is 51.4. The molecule has 0 saturated carbocycles. The molecule has 0 bridgehead atoms. The van der Waals surface area contributed by atoms with E-state index in [9.17, 15) is 53.1 Å². The standard InChI is InChI=1S/C60H94N10O14/c1-14-37(6)52(46(82-12)31-48(73)70-30-28-43(33-70)54(83-13)39(8)55(76)64-40(9)53(75)42-19-16-15-17-20-42)68(10)49(74)32-63-58(79)51(36(4)5)69(11)60(81)84-34-41-23-25-44(26-24-41)65-56(77)45(21-18-29-62-59(61)80)66-57(78)50(35(2)3)67-47(72)27-22-38(7)71/h15-17,19-20,23-26,35-37,39-40,43,45-46,50-54,75H,14,18,21-22,27-34H2,1-13H3,(H,63,79)(H,64,76)(H,65,77)(H,66,78)(H,67,72)(H3,61,62,80). The number of methoxy groups -OCH3 is 2. The van der Waals surface area contributed by atoms with Gasteiger partial charge in [-0.15, -0.1) is 0 Å². The van der Waals surface area contributed by atoms with Gasteiger partial charge in [0.15, 0.2) is 0 Å². The van der Waals surface area contributed by atoms with Crippen LogP contribution in [0.2, 0.25) is 0 Å². The highest BCUT2D eigenvalue weighted by molar-refractivity contribution is 5.98. The van der Waals surface area contributed by atoms with E-state index in [-0.39, 0.29) is 80.6 Å². The normalized spacial score (nSPS) is 16.7. The van der Waals surface area contributed by atoms with Crippen LogP contribution in [-0.4, -0.2) is 176 Å². The predicted octanol–water partition coefficient (Wildman–Crippen LogP) is 3.79. The van der Waals surface area contributed by atoms with Crippen molar-refractivity contribution in [3.63, 3.8) is 0 Å². The van der Waals surface area contributed by atoms with E-state index in [0.29, 0.717) is 42.7 Å².